The molecule has 0 aliphatic heterocycles. The lowest BCUT2D eigenvalue weighted by atomic mass is 10.0. The number of anilines is 2. The van der Waals surface area contributed by atoms with Crippen molar-refractivity contribution in [2.45, 2.75) is 0 Å². The first-order valence-corrected chi connectivity index (χ1v) is 12.9. The number of carbonyl (C=O) groups excluding carboxylic acids is 1. The highest BCUT2D eigenvalue weighted by Crippen LogP contribution is 2.29. The quantitative estimate of drug-likeness (QED) is 0.287. The van der Waals surface area contributed by atoms with Crippen molar-refractivity contribution in [3.63, 3.8) is 0 Å². The molecule has 0 spiro atoms. The molecule has 36 heavy (non-hydrogen) atoms. The van der Waals surface area contributed by atoms with Crippen LogP contribution < -0.4 is 14.8 Å². The minimum Gasteiger partial charge on any atom is -0.456 e. The number of nitrogens with one attached hydrogen (secondary N) is 3. The van der Waals surface area contributed by atoms with E-state index in [9.17, 15) is 9.00 Å². The van der Waals surface area contributed by atoms with Crippen LogP contribution in [-0.2, 0) is 9.71 Å². The molecule has 10 nitrogen and oxygen atoms in total. The van der Waals surface area contributed by atoms with Gasteiger partial charge in [-0.05, 0) is 41.8 Å². The van der Waals surface area contributed by atoms with Crippen molar-refractivity contribution < 1.29 is 13.7 Å². The summed E-state index contributed by atoms with van der Waals surface area (Å²) in [6.07, 6.45) is 7.62. The number of ether oxygens (including phenoxy) is 1. The molecule has 1 atom stereocenters. The van der Waals surface area contributed by atoms with Crippen LogP contribution in [0.3, 0.4) is 0 Å². The minimum absolute atomic E-state index is 0.150. The van der Waals surface area contributed by atoms with Crippen molar-refractivity contribution >= 4 is 44.0 Å². The summed E-state index contributed by atoms with van der Waals surface area (Å²) in [5.74, 6) is 4.52. The standard InChI is InChI=1S/C25H21N7O3S/c1-36(2,34)32-25-27-13-18(14-28-25)29-24(33)23-21-11-16(8-9-22(21)30-31-23)17-10-20(15-26-12-17)35-19-6-4-3-5-7-19/h3-15H,1H2,2H3,(H,29,33)(H,30,31)(H,27,28,32,34). The van der Waals surface area contributed by atoms with E-state index in [0.717, 1.165) is 11.1 Å². The molecule has 0 saturated heterocycles. The number of fused-ring (bicyclic) bond motifs is 1. The maximum Gasteiger partial charge on any atom is 0.276 e. The van der Waals surface area contributed by atoms with Crippen LogP contribution in [-0.4, -0.2) is 47.4 Å². The zero-order valence-electron chi connectivity index (χ0n) is 19.1. The predicted molar refractivity (Wildman–Crippen MR) is 141 cm³/mol. The van der Waals surface area contributed by atoms with Crippen LogP contribution in [0.25, 0.3) is 22.0 Å². The second kappa shape index (κ2) is 9.47. The van der Waals surface area contributed by atoms with E-state index in [4.69, 9.17) is 4.74 Å². The van der Waals surface area contributed by atoms with Gasteiger partial charge >= 0.3 is 0 Å². The van der Waals surface area contributed by atoms with Crippen LogP contribution in [0.5, 0.6) is 11.5 Å². The normalized spacial score (nSPS) is 12.6. The second-order valence-corrected chi connectivity index (χ2v) is 10.2. The van der Waals surface area contributed by atoms with E-state index in [1.165, 1.54) is 18.6 Å². The van der Waals surface area contributed by atoms with Crippen LogP contribution in [0.2, 0.25) is 0 Å². The topological polar surface area (TPSA) is 135 Å². The minimum atomic E-state index is -2.51. The molecule has 0 aliphatic rings. The van der Waals surface area contributed by atoms with Gasteiger partial charge in [-0.2, -0.15) is 5.10 Å². The van der Waals surface area contributed by atoms with Crippen molar-refractivity contribution in [2.75, 3.05) is 16.3 Å². The molecular weight excluding hydrogens is 478 g/mol. The Kier molecular flexibility index (Phi) is 6.05. The molecule has 11 heteroatoms. The van der Waals surface area contributed by atoms with Gasteiger partial charge in [0.25, 0.3) is 5.91 Å². The fourth-order valence-corrected chi connectivity index (χ4v) is 3.94. The maximum atomic E-state index is 13.0. The number of benzene rings is 2. The van der Waals surface area contributed by atoms with Crippen LogP contribution in [0.1, 0.15) is 10.5 Å². The summed E-state index contributed by atoms with van der Waals surface area (Å²) in [7, 11) is -2.51. The summed E-state index contributed by atoms with van der Waals surface area (Å²) in [6, 6.07) is 17.0. The third kappa shape index (κ3) is 5.31. The monoisotopic (exact) mass is 499 g/mol. The number of amides is 1. The van der Waals surface area contributed by atoms with Crippen molar-refractivity contribution in [3.05, 3.63) is 85.1 Å². The fraction of sp³-hybridized carbons (Fsp3) is 0.0400. The summed E-state index contributed by atoms with van der Waals surface area (Å²) in [6.45, 7) is 0. The third-order valence-electron chi connectivity index (χ3n) is 5.02. The number of para-hydroxylation sites is 1. The molecule has 1 unspecified atom stereocenters. The first-order valence-electron chi connectivity index (χ1n) is 10.7. The Bertz CT molecular complexity index is 1650. The number of pyridine rings is 1. The Morgan fingerprint density at radius 2 is 1.75 bits per heavy atom. The SMILES string of the molecule is C=S(C)(=O)Nc1ncc(NC(=O)c2n[nH]c3ccc(-c4cncc(Oc5ccccc5)c4)cc23)cn1. The fourth-order valence-electron chi connectivity index (χ4n) is 3.45. The highest BCUT2D eigenvalue weighted by Gasteiger charge is 2.16. The van der Waals surface area contributed by atoms with Gasteiger partial charge in [-0.25, -0.2) is 14.2 Å². The van der Waals surface area contributed by atoms with Gasteiger partial charge in [-0.3, -0.25) is 19.6 Å². The van der Waals surface area contributed by atoms with Gasteiger partial charge < -0.3 is 10.1 Å². The molecule has 0 radical (unpaired) electrons. The van der Waals surface area contributed by atoms with Crippen LogP contribution in [0, 0.1) is 0 Å². The smallest absolute Gasteiger partial charge is 0.276 e. The summed E-state index contributed by atoms with van der Waals surface area (Å²) < 4.78 is 20.2. The highest BCUT2D eigenvalue weighted by molar-refractivity contribution is 8.00. The molecule has 5 rings (SSSR count). The molecule has 3 N–H and O–H groups in total. The summed E-state index contributed by atoms with van der Waals surface area (Å²) >= 11 is 0. The zero-order chi connectivity index (χ0) is 25.1. The third-order valence-corrected chi connectivity index (χ3v) is 5.63. The Balaban J connectivity index is 1.38. The van der Waals surface area contributed by atoms with Gasteiger partial charge in [0.15, 0.2) is 5.69 Å². The molecule has 0 saturated carbocycles. The predicted octanol–water partition coefficient (Wildman–Crippen LogP) is 4.13. The largest absolute Gasteiger partial charge is 0.456 e. The summed E-state index contributed by atoms with van der Waals surface area (Å²) in [5.41, 5.74) is 2.95. The molecule has 180 valence electrons. The molecule has 3 aromatic heterocycles. The Morgan fingerprint density at radius 3 is 2.50 bits per heavy atom. The molecular formula is C25H21N7O3S. The molecule has 3 heterocycles. The maximum absolute atomic E-state index is 13.0. The number of nitrogens with zero attached hydrogens (tertiary/aromatic N) is 4. The summed E-state index contributed by atoms with van der Waals surface area (Å²) in [4.78, 5) is 25.4. The first kappa shape index (κ1) is 23.0. The lowest BCUT2D eigenvalue weighted by Crippen LogP contribution is -2.15. The number of H-pyrrole nitrogens is 1. The van der Waals surface area contributed by atoms with E-state index >= 15 is 0 Å². The average molecular weight is 500 g/mol. The Labute approximate surface area is 206 Å². The van der Waals surface area contributed by atoms with E-state index in [0.29, 0.717) is 28.1 Å². The summed E-state index contributed by atoms with van der Waals surface area (Å²) in [5, 5.41) is 10.4. The van der Waals surface area contributed by atoms with Gasteiger partial charge in [0.1, 0.15) is 11.5 Å². The first-order chi connectivity index (χ1) is 17.3. The lowest BCUT2D eigenvalue weighted by Gasteiger charge is -2.08. The average Bonchev–Trinajstić information content (AvgIpc) is 3.29. The van der Waals surface area contributed by atoms with Crippen LogP contribution >= 0.6 is 0 Å². The molecule has 5 aromatic rings. The Morgan fingerprint density at radius 1 is 0.972 bits per heavy atom. The van der Waals surface area contributed by atoms with E-state index in [1.54, 1.807) is 12.4 Å². The van der Waals surface area contributed by atoms with Crippen molar-refractivity contribution in [1.29, 1.82) is 0 Å². The van der Waals surface area contributed by atoms with Crippen molar-refractivity contribution in [3.8, 4) is 22.6 Å². The molecule has 0 fully saturated rings. The van der Waals surface area contributed by atoms with E-state index in [-0.39, 0.29) is 11.6 Å². The zero-order valence-corrected chi connectivity index (χ0v) is 20.0. The van der Waals surface area contributed by atoms with Crippen LogP contribution in [0.4, 0.5) is 11.6 Å². The van der Waals surface area contributed by atoms with Gasteiger partial charge in [0.2, 0.25) is 5.95 Å². The van der Waals surface area contributed by atoms with Crippen molar-refractivity contribution in [1.82, 2.24) is 25.1 Å². The molecule has 2 aromatic carbocycles. The number of aromatic amines is 1. The lowest BCUT2D eigenvalue weighted by molar-refractivity contribution is 0.102. The number of hydrogen-bond donors (Lipinski definition) is 3. The number of hydrogen-bond acceptors (Lipinski definition) is 7. The number of rotatable bonds is 7. The van der Waals surface area contributed by atoms with Crippen LogP contribution in [0.15, 0.2) is 79.4 Å². The van der Waals surface area contributed by atoms with E-state index in [1.807, 2.05) is 54.6 Å². The molecule has 0 aliphatic carbocycles. The van der Waals surface area contributed by atoms with Gasteiger partial charge in [0, 0.05) is 33.1 Å². The number of carbonyl (C=O) groups is 1. The molecule has 0 bridgehead atoms. The van der Waals surface area contributed by atoms with E-state index in [2.05, 4.69) is 41.1 Å². The van der Waals surface area contributed by atoms with E-state index < -0.39 is 15.6 Å². The second-order valence-electron chi connectivity index (χ2n) is 8.01. The number of aromatic nitrogens is 5. The highest BCUT2D eigenvalue weighted by atomic mass is 32.2. The Hall–Kier alpha value is -4.77. The van der Waals surface area contributed by atoms with Gasteiger partial charge in [-0.1, -0.05) is 24.3 Å². The van der Waals surface area contributed by atoms with Crippen molar-refractivity contribution in [2.24, 2.45) is 0 Å². The van der Waals surface area contributed by atoms with Gasteiger partial charge in [0.05, 0.1) is 29.8 Å². The van der Waals surface area contributed by atoms with Gasteiger partial charge in [-0.15, -0.1) is 0 Å². The molecule has 1 amide bonds.